The van der Waals surface area contributed by atoms with E-state index in [1.807, 2.05) is 0 Å². The summed E-state index contributed by atoms with van der Waals surface area (Å²) in [6, 6.07) is 0. The second-order valence-corrected chi connectivity index (χ2v) is 1.16. The van der Waals surface area contributed by atoms with Gasteiger partial charge in [-0.1, -0.05) is 6.92 Å². The Kier molecular flexibility index (Phi) is 2.23. The second kappa shape index (κ2) is 2.24. The normalized spacial score (nSPS) is 14.2. The molecule has 0 heterocycles. The summed E-state index contributed by atoms with van der Waals surface area (Å²) in [6.07, 6.45) is 0. The molecule has 0 aliphatic carbocycles. The molecule has 3 N–H and O–H groups in total. The molecule has 0 bridgehead atoms. The zero-order valence-corrected chi connectivity index (χ0v) is 3.31. The van der Waals surface area contributed by atoms with E-state index in [0.29, 0.717) is 0 Å². The van der Waals surface area contributed by atoms with Crippen molar-refractivity contribution in [2.75, 3.05) is 0 Å². The zero-order valence-electron chi connectivity index (χ0n) is 3.31. The lowest BCUT2D eigenvalue weighted by Crippen LogP contribution is -2.22. The van der Waals surface area contributed by atoms with Gasteiger partial charge in [-0.05, 0) is 0 Å². The molecule has 3 heteroatoms. The summed E-state index contributed by atoms with van der Waals surface area (Å²) in [4.78, 5) is 0. The van der Waals surface area contributed by atoms with E-state index >= 15 is 0 Å². The largest absolute Gasteiger partial charge is 0.452 e. The van der Waals surface area contributed by atoms with E-state index in [-0.39, 0.29) is 13.4 Å². The summed E-state index contributed by atoms with van der Waals surface area (Å²) >= 11 is 0. The lowest BCUT2D eigenvalue weighted by molar-refractivity contribution is 0.586. The van der Waals surface area contributed by atoms with Gasteiger partial charge >= 0.3 is 0 Å². The second-order valence-electron chi connectivity index (χ2n) is 1.16. The highest BCUT2D eigenvalue weighted by molar-refractivity contribution is 6.27. The molecule has 1 unspecified atom stereocenters. The Morgan fingerprint density at radius 1 is 2.00 bits per heavy atom. The first-order chi connectivity index (χ1) is 2.27. The number of rotatable bonds is 1. The van der Waals surface area contributed by atoms with Gasteiger partial charge in [0.2, 0.25) is 0 Å². The molecule has 0 aliphatic heterocycles. The van der Waals surface area contributed by atoms with Crippen molar-refractivity contribution in [3.8, 4) is 0 Å². The first-order valence-corrected chi connectivity index (χ1v) is 1.64. The summed E-state index contributed by atoms with van der Waals surface area (Å²) in [6.45, 7) is 1.75. The van der Waals surface area contributed by atoms with Crippen LogP contribution in [0, 0.1) is 0 Å². The van der Waals surface area contributed by atoms with Crippen LogP contribution in [0.5, 0.6) is 0 Å². The topological polar surface area (TPSA) is 46.2 Å². The number of hydrogen-bond donors (Lipinski definition) is 2. The molecule has 0 spiro atoms. The van der Waals surface area contributed by atoms with Crippen molar-refractivity contribution in [1.82, 2.24) is 0 Å². The maximum absolute atomic E-state index is 8.02. The van der Waals surface area contributed by atoms with E-state index in [4.69, 9.17) is 10.8 Å². The lowest BCUT2D eigenvalue weighted by Gasteiger charge is -1.88. The lowest BCUT2D eigenvalue weighted by atomic mass is 9.92. The van der Waals surface area contributed by atoms with Crippen molar-refractivity contribution in [1.29, 1.82) is 0 Å². The third-order valence-corrected chi connectivity index (χ3v) is 0.288. The van der Waals surface area contributed by atoms with Crippen molar-refractivity contribution in [3.63, 3.8) is 0 Å². The van der Waals surface area contributed by atoms with Crippen LogP contribution in [-0.2, 0) is 0 Å². The van der Waals surface area contributed by atoms with Crippen LogP contribution in [0.15, 0.2) is 0 Å². The molecule has 0 fully saturated rings. The molecule has 0 rings (SSSR count). The van der Waals surface area contributed by atoms with Gasteiger partial charge in [0, 0.05) is 5.94 Å². The summed E-state index contributed by atoms with van der Waals surface area (Å²) in [7, 11) is 0.0833. The first kappa shape index (κ1) is 4.98. The zero-order chi connectivity index (χ0) is 4.28. The van der Waals surface area contributed by atoms with Crippen molar-refractivity contribution < 1.29 is 5.02 Å². The van der Waals surface area contributed by atoms with Gasteiger partial charge in [-0.3, -0.25) is 0 Å². The maximum Gasteiger partial charge on any atom is 0.287 e. The Morgan fingerprint density at radius 3 is 2.20 bits per heavy atom. The Labute approximate surface area is 32.3 Å². The van der Waals surface area contributed by atoms with Crippen LogP contribution in [-0.4, -0.2) is 18.4 Å². The van der Waals surface area contributed by atoms with E-state index in [0.717, 1.165) is 0 Å². The van der Waals surface area contributed by atoms with Crippen LogP contribution in [0.2, 0.25) is 0 Å². The van der Waals surface area contributed by atoms with Gasteiger partial charge in [-0.2, -0.15) is 0 Å². The fourth-order valence-corrected chi connectivity index (χ4v) is 0. The number of nitrogens with two attached hydrogens (primary N) is 1. The molecule has 0 aliphatic rings. The van der Waals surface area contributed by atoms with Gasteiger partial charge in [-0.25, -0.2) is 0 Å². The smallest absolute Gasteiger partial charge is 0.287 e. The van der Waals surface area contributed by atoms with Crippen molar-refractivity contribution >= 4 is 7.48 Å². The van der Waals surface area contributed by atoms with Gasteiger partial charge in [0.25, 0.3) is 7.48 Å². The van der Waals surface area contributed by atoms with Gasteiger partial charge < -0.3 is 10.8 Å². The van der Waals surface area contributed by atoms with E-state index in [1.54, 1.807) is 6.92 Å². The Balaban J connectivity index is 2.54. The molecule has 0 radical (unpaired) electrons. The molecule has 1 atom stereocenters. The number of hydrogen-bond acceptors (Lipinski definition) is 2. The molecular formula is C2H8BNO. The van der Waals surface area contributed by atoms with Gasteiger partial charge in [0.05, 0.1) is 0 Å². The van der Waals surface area contributed by atoms with Crippen LogP contribution in [0.4, 0.5) is 0 Å². The van der Waals surface area contributed by atoms with Gasteiger partial charge in [-0.15, -0.1) is 0 Å². The molecule has 5 heavy (non-hydrogen) atoms. The third kappa shape index (κ3) is 3.98. The molecule has 2 nitrogen and oxygen atoms in total. The van der Waals surface area contributed by atoms with Crippen LogP contribution < -0.4 is 5.73 Å². The Bertz CT molecular complexity index is 23.6. The third-order valence-electron chi connectivity index (χ3n) is 0.288. The summed E-state index contributed by atoms with van der Waals surface area (Å²) in [5.74, 6) is -0.0602. The summed E-state index contributed by atoms with van der Waals surface area (Å²) in [5, 5.41) is 8.02. The Morgan fingerprint density at radius 2 is 2.20 bits per heavy atom. The average Bonchev–Trinajstić information content (AvgIpc) is 1.38. The van der Waals surface area contributed by atoms with Gasteiger partial charge in [0.15, 0.2) is 0 Å². The fraction of sp³-hybridized carbons (Fsp3) is 1.00. The highest BCUT2D eigenvalue weighted by atomic mass is 16.2. The van der Waals surface area contributed by atoms with Crippen molar-refractivity contribution in [2.24, 2.45) is 5.73 Å². The molecule has 30 valence electrons. The predicted octanol–water partition coefficient (Wildman–Crippen LogP) is -1.37. The molecule has 0 aromatic rings. The first-order valence-electron chi connectivity index (χ1n) is 1.64. The van der Waals surface area contributed by atoms with Crippen LogP contribution in [0.3, 0.4) is 0 Å². The van der Waals surface area contributed by atoms with Gasteiger partial charge in [0.1, 0.15) is 0 Å². The maximum atomic E-state index is 8.02. The van der Waals surface area contributed by atoms with Crippen molar-refractivity contribution in [2.45, 2.75) is 12.9 Å². The SMILES string of the molecule is CC(N)BO. The molecule has 0 saturated carbocycles. The van der Waals surface area contributed by atoms with E-state index < -0.39 is 0 Å². The molecule has 0 aromatic carbocycles. The molecule has 0 saturated heterocycles. The summed E-state index contributed by atoms with van der Waals surface area (Å²) < 4.78 is 0. The van der Waals surface area contributed by atoms with Crippen molar-refractivity contribution in [3.05, 3.63) is 0 Å². The monoisotopic (exact) mass is 73.1 g/mol. The minimum atomic E-state index is -0.0602. The van der Waals surface area contributed by atoms with Crippen LogP contribution >= 0.6 is 0 Å². The minimum Gasteiger partial charge on any atom is -0.452 e. The van der Waals surface area contributed by atoms with E-state index in [2.05, 4.69) is 0 Å². The minimum absolute atomic E-state index is 0.0602. The average molecular weight is 72.9 g/mol. The fourth-order valence-electron chi connectivity index (χ4n) is 0. The standard InChI is InChI=1S/C2H8BNO/c1-2(4)3-5/h2-3,5H,4H2,1H3. The highest BCUT2D eigenvalue weighted by Gasteiger charge is 1.86. The summed E-state index contributed by atoms with van der Waals surface area (Å²) in [5.41, 5.74) is 5.04. The Hall–Kier alpha value is -0.0151. The van der Waals surface area contributed by atoms with E-state index in [9.17, 15) is 0 Å². The quantitative estimate of drug-likeness (QED) is 0.376. The molecular weight excluding hydrogens is 64.8 g/mol. The predicted molar refractivity (Wildman–Crippen MR) is 23.0 cm³/mol. The van der Waals surface area contributed by atoms with E-state index in [1.165, 1.54) is 0 Å². The van der Waals surface area contributed by atoms with Crippen LogP contribution in [0.25, 0.3) is 0 Å². The highest BCUT2D eigenvalue weighted by Crippen LogP contribution is 1.58. The molecule has 0 amide bonds. The molecule has 0 aromatic heterocycles. The van der Waals surface area contributed by atoms with Crippen LogP contribution in [0.1, 0.15) is 6.92 Å².